The molecule has 0 saturated heterocycles. The van der Waals surface area contributed by atoms with Crippen molar-refractivity contribution in [1.29, 1.82) is 0 Å². The SMILES string of the molecule is CCOC(=O)c1nc(-c2cccc(C)n2)n(-c2cccc(Cl)c2F)c1Br. The molecule has 134 valence electrons. The molecule has 0 aliphatic carbocycles. The summed E-state index contributed by atoms with van der Waals surface area (Å²) in [6, 6.07) is 9.98. The predicted octanol–water partition coefficient (Wildman–Crippen LogP) is 4.97. The van der Waals surface area contributed by atoms with Crippen LogP contribution in [0.5, 0.6) is 0 Å². The van der Waals surface area contributed by atoms with Crippen LogP contribution in [0.25, 0.3) is 17.2 Å². The summed E-state index contributed by atoms with van der Waals surface area (Å²) in [5.74, 6) is -0.948. The van der Waals surface area contributed by atoms with Crippen molar-refractivity contribution in [1.82, 2.24) is 14.5 Å². The average molecular weight is 439 g/mol. The van der Waals surface area contributed by atoms with Gasteiger partial charge in [-0.15, -0.1) is 0 Å². The summed E-state index contributed by atoms with van der Waals surface area (Å²) < 4.78 is 21.4. The van der Waals surface area contributed by atoms with Crippen LogP contribution in [0.15, 0.2) is 41.0 Å². The maximum Gasteiger partial charge on any atom is 0.359 e. The van der Waals surface area contributed by atoms with E-state index in [0.717, 1.165) is 5.69 Å². The van der Waals surface area contributed by atoms with Gasteiger partial charge in [-0.05, 0) is 54.0 Å². The van der Waals surface area contributed by atoms with Crippen LogP contribution >= 0.6 is 27.5 Å². The van der Waals surface area contributed by atoms with Crippen LogP contribution in [-0.2, 0) is 4.74 Å². The molecule has 3 aromatic rings. The van der Waals surface area contributed by atoms with Crippen molar-refractivity contribution in [2.75, 3.05) is 6.61 Å². The number of esters is 1. The van der Waals surface area contributed by atoms with Crippen molar-refractivity contribution in [3.63, 3.8) is 0 Å². The quantitative estimate of drug-likeness (QED) is 0.539. The Bertz CT molecular complexity index is 991. The highest BCUT2D eigenvalue weighted by Gasteiger charge is 2.26. The van der Waals surface area contributed by atoms with Gasteiger partial charge in [0.2, 0.25) is 0 Å². The second-order valence-electron chi connectivity index (χ2n) is 5.37. The van der Waals surface area contributed by atoms with E-state index < -0.39 is 11.8 Å². The number of carbonyl (C=O) groups is 1. The van der Waals surface area contributed by atoms with Crippen LogP contribution in [0, 0.1) is 12.7 Å². The molecule has 0 N–H and O–H groups in total. The standard InChI is InChI=1S/C18H14BrClFN3O2/c1-3-26-18(25)15-16(19)24(13-9-5-7-11(20)14(13)21)17(23-15)12-8-4-6-10(2)22-12/h4-9H,3H2,1-2H3. The zero-order valence-electron chi connectivity index (χ0n) is 14.0. The highest BCUT2D eigenvalue weighted by Crippen LogP contribution is 2.32. The van der Waals surface area contributed by atoms with Crippen LogP contribution < -0.4 is 0 Å². The smallest absolute Gasteiger partial charge is 0.359 e. The predicted molar refractivity (Wildman–Crippen MR) is 100 cm³/mol. The molecule has 0 fully saturated rings. The Balaban J connectivity index is 2.30. The molecular weight excluding hydrogens is 425 g/mol. The summed E-state index contributed by atoms with van der Waals surface area (Å²) in [5.41, 5.74) is 1.42. The van der Waals surface area contributed by atoms with E-state index in [1.807, 2.05) is 19.1 Å². The lowest BCUT2D eigenvalue weighted by Crippen LogP contribution is -2.06. The zero-order chi connectivity index (χ0) is 18.8. The van der Waals surface area contributed by atoms with E-state index in [-0.39, 0.29) is 27.6 Å². The maximum atomic E-state index is 14.7. The topological polar surface area (TPSA) is 57.0 Å². The van der Waals surface area contributed by atoms with Gasteiger partial charge < -0.3 is 4.74 Å². The van der Waals surface area contributed by atoms with E-state index in [1.165, 1.54) is 10.6 Å². The molecule has 8 heteroatoms. The fourth-order valence-electron chi connectivity index (χ4n) is 2.45. The van der Waals surface area contributed by atoms with E-state index in [0.29, 0.717) is 11.5 Å². The number of halogens is 3. The lowest BCUT2D eigenvalue weighted by Gasteiger charge is -2.11. The summed E-state index contributed by atoms with van der Waals surface area (Å²) in [6.45, 7) is 3.72. The van der Waals surface area contributed by atoms with Gasteiger partial charge in [-0.1, -0.05) is 23.7 Å². The number of hydrogen-bond acceptors (Lipinski definition) is 4. The third-order valence-electron chi connectivity index (χ3n) is 3.58. The molecule has 2 heterocycles. The Kier molecular flexibility index (Phi) is 5.38. The van der Waals surface area contributed by atoms with Crippen LogP contribution in [0.4, 0.5) is 4.39 Å². The average Bonchev–Trinajstić information content (AvgIpc) is 2.95. The minimum atomic E-state index is -0.628. The number of aromatic nitrogens is 3. The van der Waals surface area contributed by atoms with Gasteiger partial charge in [-0.2, -0.15) is 0 Å². The first-order valence-corrected chi connectivity index (χ1v) is 8.95. The summed E-state index contributed by atoms with van der Waals surface area (Å²) in [4.78, 5) is 21.0. The Morgan fingerprint density at radius 3 is 2.69 bits per heavy atom. The number of carbonyl (C=O) groups excluding carboxylic acids is 1. The Morgan fingerprint density at radius 1 is 1.27 bits per heavy atom. The normalized spacial score (nSPS) is 10.8. The number of hydrogen-bond donors (Lipinski definition) is 0. The van der Waals surface area contributed by atoms with Gasteiger partial charge in [0, 0.05) is 5.69 Å². The second-order valence-corrected chi connectivity index (χ2v) is 6.53. The van der Waals surface area contributed by atoms with Crippen molar-refractivity contribution in [2.24, 2.45) is 0 Å². The summed E-state index contributed by atoms with van der Waals surface area (Å²) >= 11 is 9.27. The van der Waals surface area contributed by atoms with Crippen LogP contribution in [0.1, 0.15) is 23.1 Å². The fraction of sp³-hybridized carbons (Fsp3) is 0.167. The molecular formula is C18H14BrClFN3O2. The lowest BCUT2D eigenvalue weighted by atomic mass is 10.2. The Labute approximate surface area is 162 Å². The number of imidazole rings is 1. The third-order valence-corrected chi connectivity index (χ3v) is 4.60. The fourth-order valence-corrected chi connectivity index (χ4v) is 3.23. The molecule has 0 bridgehead atoms. The number of nitrogens with zero attached hydrogens (tertiary/aromatic N) is 3. The van der Waals surface area contributed by atoms with E-state index in [4.69, 9.17) is 16.3 Å². The Hall–Kier alpha value is -2.25. The first-order valence-electron chi connectivity index (χ1n) is 7.77. The molecule has 0 aliphatic rings. The number of aryl methyl sites for hydroxylation is 1. The minimum absolute atomic E-state index is 0.0320. The van der Waals surface area contributed by atoms with Crippen molar-refractivity contribution in [3.05, 3.63) is 63.2 Å². The minimum Gasteiger partial charge on any atom is -0.461 e. The van der Waals surface area contributed by atoms with Crippen LogP contribution in [0.2, 0.25) is 5.02 Å². The highest BCUT2D eigenvalue weighted by molar-refractivity contribution is 9.10. The van der Waals surface area contributed by atoms with Gasteiger partial charge in [0.05, 0.1) is 17.3 Å². The van der Waals surface area contributed by atoms with E-state index in [1.54, 1.807) is 25.1 Å². The summed E-state index contributed by atoms with van der Waals surface area (Å²) in [5, 5.41) is -0.0380. The zero-order valence-corrected chi connectivity index (χ0v) is 16.3. The van der Waals surface area contributed by atoms with Crippen molar-refractivity contribution in [3.8, 4) is 17.2 Å². The molecule has 0 amide bonds. The lowest BCUT2D eigenvalue weighted by molar-refractivity contribution is 0.0519. The highest BCUT2D eigenvalue weighted by atomic mass is 79.9. The number of ether oxygens (including phenoxy) is 1. The molecule has 5 nitrogen and oxygen atoms in total. The van der Waals surface area contributed by atoms with E-state index in [9.17, 15) is 9.18 Å². The number of pyridine rings is 1. The first kappa shape index (κ1) is 18.5. The van der Waals surface area contributed by atoms with E-state index >= 15 is 0 Å². The molecule has 0 aliphatic heterocycles. The van der Waals surface area contributed by atoms with E-state index in [2.05, 4.69) is 25.9 Å². The molecule has 0 atom stereocenters. The first-order chi connectivity index (χ1) is 12.4. The second kappa shape index (κ2) is 7.55. The van der Waals surface area contributed by atoms with Gasteiger partial charge in [0.15, 0.2) is 17.3 Å². The maximum absolute atomic E-state index is 14.7. The molecule has 26 heavy (non-hydrogen) atoms. The Morgan fingerprint density at radius 2 is 2.00 bits per heavy atom. The largest absolute Gasteiger partial charge is 0.461 e. The van der Waals surface area contributed by atoms with Crippen LogP contribution in [0.3, 0.4) is 0 Å². The van der Waals surface area contributed by atoms with Gasteiger partial charge in [-0.3, -0.25) is 4.57 Å². The molecule has 2 aromatic heterocycles. The summed E-state index contributed by atoms with van der Waals surface area (Å²) in [6.07, 6.45) is 0. The third kappa shape index (κ3) is 3.37. The molecule has 0 unspecified atom stereocenters. The summed E-state index contributed by atoms with van der Waals surface area (Å²) in [7, 11) is 0. The van der Waals surface area contributed by atoms with Crippen molar-refractivity contribution >= 4 is 33.5 Å². The molecule has 0 radical (unpaired) electrons. The molecule has 0 spiro atoms. The van der Waals surface area contributed by atoms with Gasteiger partial charge in [-0.25, -0.2) is 19.2 Å². The number of rotatable bonds is 4. The monoisotopic (exact) mass is 437 g/mol. The van der Waals surface area contributed by atoms with Crippen LogP contribution in [-0.4, -0.2) is 27.1 Å². The number of benzene rings is 1. The molecule has 1 aromatic carbocycles. The van der Waals surface area contributed by atoms with Crippen molar-refractivity contribution in [2.45, 2.75) is 13.8 Å². The van der Waals surface area contributed by atoms with Gasteiger partial charge in [0.1, 0.15) is 10.3 Å². The van der Waals surface area contributed by atoms with Gasteiger partial charge in [0.25, 0.3) is 0 Å². The molecule has 0 saturated carbocycles. The molecule has 3 rings (SSSR count). The van der Waals surface area contributed by atoms with Crippen molar-refractivity contribution < 1.29 is 13.9 Å². The van der Waals surface area contributed by atoms with Gasteiger partial charge >= 0.3 is 5.97 Å².